The molecule has 0 aliphatic rings. The van der Waals surface area contributed by atoms with E-state index in [9.17, 15) is 13.2 Å². The number of benzene rings is 3. The van der Waals surface area contributed by atoms with Gasteiger partial charge >= 0.3 is 0 Å². The first kappa shape index (κ1) is 25.8. The fourth-order valence-electron chi connectivity index (χ4n) is 3.64. The highest BCUT2D eigenvalue weighted by Crippen LogP contribution is 2.31. The van der Waals surface area contributed by atoms with E-state index in [0.29, 0.717) is 29.5 Å². The summed E-state index contributed by atoms with van der Waals surface area (Å²) in [4.78, 5) is 22.2. The molecule has 0 radical (unpaired) electrons. The number of aromatic nitrogens is 1. The van der Waals surface area contributed by atoms with E-state index in [1.807, 2.05) is 32.0 Å². The van der Waals surface area contributed by atoms with E-state index in [1.54, 1.807) is 53.4 Å². The largest absolute Gasteiger partial charge is 0.308 e. The van der Waals surface area contributed by atoms with Crippen molar-refractivity contribution in [1.82, 2.24) is 9.88 Å². The molecule has 1 N–H and O–H groups in total. The molecule has 9 heteroatoms. The predicted molar refractivity (Wildman–Crippen MR) is 148 cm³/mol. The molecular weight excluding hydrogens is 492 g/mol. The van der Waals surface area contributed by atoms with Crippen LogP contribution >= 0.6 is 11.3 Å². The Morgan fingerprint density at radius 3 is 2.19 bits per heavy atom. The molecule has 0 bridgehead atoms. The first-order chi connectivity index (χ1) is 17.0. The van der Waals surface area contributed by atoms with E-state index in [0.717, 1.165) is 21.3 Å². The summed E-state index contributed by atoms with van der Waals surface area (Å²) < 4.78 is 29.0. The van der Waals surface area contributed by atoms with Gasteiger partial charge in [0.25, 0.3) is 15.9 Å². The van der Waals surface area contributed by atoms with Crippen LogP contribution in [0.5, 0.6) is 0 Å². The number of anilines is 2. The standard InChI is InChI=1S/C27H30N4O3S2/c1-18-6-12-23(13-7-18)36(33,34)29-22-10-8-21(9-11-22)26(32)31(15-14-30(4)5)27-28-24-16-19(2)20(3)17-25(24)35-27/h6-13,16-17,29H,14-15H2,1-5H3. The van der Waals surface area contributed by atoms with Gasteiger partial charge in [0.1, 0.15) is 0 Å². The third-order valence-corrected chi connectivity index (χ3v) is 8.39. The summed E-state index contributed by atoms with van der Waals surface area (Å²) in [5, 5.41) is 0.644. The Morgan fingerprint density at radius 1 is 0.917 bits per heavy atom. The molecule has 3 aromatic carbocycles. The Morgan fingerprint density at radius 2 is 1.56 bits per heavy atom. The minimum Gasteiger partial charge on any atom is -0.308 e. The highest BCUT2D eigenvalue weighted by atomic mass is 32.2. The summed E-state index contributed by atoms with van der Waals surface area (Å²) in [6.07, 6.45) is 0. The van der Waals surface area contributed by atoms with Crippen LogP contribution in [-0.4, -0.2) is 51.4 Å². The summed E-state index contributed by atoms with van der Waals surface area (Å²) in [5.41, 5.74) is 5.05. The van der Waals surface area contributed by atoms with Crippen molar-refractivity contribution >= 4 is 48.3 Å². The average Bonchev–Trinajstić information content (AvgIpc) is 3.21. The van der Waals surface area contributed by atoms with Crippen LogP contribution in [0.3, 0.4) is 0 Å². The number of nitrogens with one attached hydrogen (secondary N) is 1. The Balaban J connectivity index is 1.59. The summed E-state index contributed by atoms with van der Waals surface area (Å²) in [5.74, 6) is -0.183. The van der Waals surface area contributed by atoms with Crippen molar-refractivity contribution in [3.63, 3.8) is 0 Å². The molecular formula is C27H30N4O3S2. The zero-order chi connectivity index (χ0) is 26.0. The maximum atomic E-state index is 13.6. The number of rotatable bonds is 8. The van der Waals surface area contributed by atoms with Crippen LogP contribution in [0.15, 0.2) is 65.6 Å². The van der Waals surface area contributed by atoms with Gasteiger partial charge in [-0.2, -0.15) is 0 Å². The quantitative estimate of drug-likeness (QED) is 0.343. The smallest absolute Gasteiger partial charge is 0.261 e. The Kier molecular flexibility index (Phi) is 7.44. The van der Waals surface area contributed by atoms with Gasteiger partial charge in [0.2, 0.25) is 0 Å². The topological polar surface area (TPSA) is 82.6 Å². The SMILES string of the molecule is Cc1ccc(S(=O)(=O)Nc2ccc(C(=O)N(CCN(C)C)c3nc4cc(C)c(C)cc4s3)cc2)cc1. The minimum atomic E-state index is -3.72. The number of carbonyl (C=O) groups excluding carboxylic acids is 1. The zero-order valence-corrected chi connectivity index (χ0v) is 22.7. The third kappa shape index (κ3) is 5.75. The Hall–Kier alpha value is -3.27. The van der Waals surface area contributed by atoms with Crippen molar-refractivity contribution in [3.05, 3.63) is 82.9 Å². The highest BCUT2D eigenvalue weighted by molar-refractivity contribution is 7.92. The van der Waals surface area contributed by atoms with Gasteiger partial charge in [-0.1, -0.05) is 29.0 Å². The van der Waals surface area contributed by atoms with Crippen molar-refractivity contribution in [3.8, 4) is 0 Å². The Labute approximate surface area is 216 Å². The number of aryl methyl sites for hydroxylation is 3. The van der Waals surface area contributed by atoms with E-state index >= 15 is 0 Å². The first-order valence-electron chi connectivity index (χ1n) is 11.6. The van der Waals surface area contributed by atoms with Crippen molar-refractivity contribution < 1.29 is 13.2 Å². The van der Waals surface area contributed by atoms with Gasteiger partial charge in [-0.25, -0.2) is 13.4 Å². The lowest BCUT2D eigenvalue weighted by Crippen LogP contribution is -2.36. The van der Waals surface area contributed by atoms with Crippen LogP contribution in [-0.2, 0) is 10.0 Å². The number of hydrogen-bond donors (Lipinski definition) is 1. The van der Waals surface area contributed by atoms with Gasteiger partial charge in [0.15, 0.2) is 5.13 Å². The molecule has 1 aromatic heterocycles. The number of likely N-dealkylation sites (N-methyl/N-ethyl adjacent to an activating group) is 1. The molecule has 188 valence electrons. The molecule has 1 heterocycles. The highest BCUT2D eigenvalue weighted by Gasteiger charge is 2.22. The van der Waals surface area contributed by atoms with Gasteiger partial charge in [-0.05, 0) is 94.5 Å². The molecule has 4 rings (SSSR count). The second-order valence-corrected chi connectivity index (χ2v) is 11.8. The molecule has 0 atom stereocenters. The number of fused-ring (bicyclic) bond motifs is 1. The summed E-state index contributed by atoms with van der Waals surface area (Å²) in [6.45, 7) is 7.17. The second kappa shape index (κ2) is 10.4. The van der Waals surface area contributed by atoms with Gasteiger partial charge in [0, 0.05) is 24.3 Å². The van der Waals surface area contributed by atoms with Gasteiger partial charge in [0.05, 0.1) is 15.1 Å². The minimum absolute atomic E-state index is 0.183. The lowest BCUT2D eigenvalue weighted by atomic mass is 10.1. The van der Waals surface area contributed by atoms with Crippen LogP contribution in [0.4, 0.5) is 10.8 Å². The summed E-state index contributed by atoms with van der Waals surface area (Å²) in [7, 11) is 0.200. The van der Waals surface area contributed by atoms with Gasteiger partial charge in [-0.3, -0.25) is 14.4 Å². The summed E-state index contributed by atoms with van der Waals surface area (Å²) in [6, 6.07) is 17.3. The second-order valence-electron chi connectivity index (χ2n) is 9.16. The number of sulfonamides is 1. The van der Waals surface area contributed by atoms with Crippen LogP contribution in [0, 0.1) is 20.8 Å². The Bertz CT molecular complexity index is 1450. The van der Waals surface area contributed by atoms with Crippen LogP contribution in [0.25, 0.3) is 10.2 Å². The van der Waals surface area contributed by atoms with E-state index in [2.05, 4.69) is 24.6 Å². The van der Waals surface area contributed by atoms with Gasteiger partial charge < -0.3 is 4.90 Å². The first-order valence-corrected chi connectivity index (χ1v) is 13.9. The molecule has 4 aromatic rings. The lowest BCUT2D eigenvalue weighted by Gasteiger charge is -2.22. The molecule has 0 fully saturated rings. The van der Waals surface area contributed by atoms with E-state index in [1.165, 1.54) is 16.9 Å². The van der Waals surface area contributed by atoms with E-state index in [-0.39, 0.29) is 10.8 Å². The van der Waals surface area contributed by atoms with Crippen LogP contribution in [0.1, 0.15) is 27.0 Å². The number of carbonyl (C=O) groups is 1. The number of nitrogens with zero attached hydrogens (tertiary/aromatic N) is 3. The normalized spacial score (nSPS) is 11.7. The van der Waals surface area contributed by atoms with Crippen LogP contribution < -0.4 is 9.62 Å². The molecule has 7 nitrogen and oxygen atoms in total. The number of amides is 1. The zero-order valence-electron chi connectivity index (χ0n) is 21.1. The fraction of sp³-hybridized carbons (Fsp3) is 0.259. The predicted octanol–water partition coefficient (Wildman–Crippen LogP) is 5.23. The molecule has 0 aliphatic carbocycles. The van der Waals surface area contributed by atoms with Crippen molar-refractivity contribution in [1.29, 1.82) is 0 Å². The molecule has 0 saturated heterocycles. The van der Waals surface area contributed by atoms with Crippen molar-refractivity contribution in [2.45, 2.75) is 25.7 Å². The maximum absolute atomic E-state index is 13.6. The number of hydrogen-bond acceptors (Lipinski definition) is 6. The van der Waals surface area contributed by atoms with E-state index in [4.69, 9.17) is 4.98 Å². The fourth-order valence-corrected chi connectivity index (χ4v) is 5.76. The van der Waals surface area contributed by atoms with E-state index < -0.39 is 10.0 Å². The molecule has 0 unspecified atom stereocenters. The van der Waals surface area contributed by atoms with Gasteiger partial charge in [-0.15, -0.1) is 0 Å². The molecule has 36 heavy (non-hydrogen) atoms. The number of thiazole rings is 1. The molecule has 0 spiro atoms. The van der Waals surface area contributed by atoms with Crippen LogP contribution in [0.2, 0.25) is 0 Å². The molecule has 1 amide bonds. The third-order valence-electron chi connectivity index (χ3n) is 5.95. The maximum Gasteiger partial charge on any atom is 0.261 e. The van der Waals surface area contributed by atoms with Crippen molar-refractivity contribution in [2.75, 3.05) is 36.8 Å². The summed E-state index contributed by atoms with van der Waals surface area (Å²) >= 11 is 1.50. The molecule has 0 saturated carbocycles. The van der Waals surface area contributed by atoms with Crippen molar-refractivity contribution in [2.24, 2.45) is 0 Å². The lowest BCUT2D eigenvalue weighted by molar-refractivity contribution is 0.0985. The monoisotopic (exact) mass is 522 g/mol. The average molecular weight is 523 g/mol. The molecule has 0 aliphatic heterocycles.